The second-order valence-corrected chi connectivity index (χ2v) is 10.0. The molecule has 3 aromatic heterocycles. The van der Waals surface area contributed by atoms with E-state index in [-0.39, 0.29) is 6.04 Å². The van der Waals surface area contributed by atoms with Gasteiger partial charge in [0.25, 0.3) is 0 Å². The molecule has 0 spiro atoms. The summed E-state index contributed by atoms with van der Waals surface area (Å²) >= 11 is 2.32. The van der Waals surface area contributed by atoms with Crippen LogP contribution in [0, 0.1) is 10.5 Å². The van der Waals surface area contributed by atoms with Gasteiger partial charge in [-0.2, -0.15) is 9.78 Å². The van der Waals surface area contributed by atoms with Crippen molar-refractivity contribution in [2.24, 2.45) is 0 Å². The SMILES string of the molecule is Cc1nn(-c2ccccc2)c(-n2nnc3ccccc32)c1C1C=C(c2ccc(I)cc2)Nc2nncn21. The predicted octanol–water partition coefficient (Wildman–Crippen LogP) is 5.17. The lowest BCUT2D eigenvalue weighted by Crippen LogP contribution is -2.21. The number of benzene rings is 3. The van der Waals surface area contributed by atoms with Crippen LogP contribution in [0.5, 0.6) is 0 Å². The number of anilines is 1. The number of aryl methyl sites for hydroxylation is 1. The minimum Gasteiger partial charge on any atom is -0.324 e. The molecule has 6 aromatic rings. The molecule has 1 aliphatic heterocycles. The number of aromatic nitrogens is 8. The molecule has 0 saturated heterocycles. The molecule has 37 heavy (non-hydrogen) atoms. The van der Waals surface area contributed by atoms with Crippen molar-refractivity contribution in [3.8, 4) is 11.5 Å². The summed E-state index contributed by atoms with van der Waals surface area (Å²) in [6, 6.07) is 26.2. The lowest BCUT2D eigenvalue weighted by atomic mass is 10.0. The van der Waals surface area contributed by atoms with E-state index in [4.69, 9.17) is 5.10 Å². The molecule has 1 N–H and O–H groups in total. The van der Waals surface area contributed by atoms with Crippen LogP contribution in [0.3, 0.4) is 0 Å². The van der Waals surface area contributed by atoms with Crippen molar-refractivity contribution in [1.29, 1.82) is 0 Å². The van der Waals surface area contributed by atoms with E-state index in [2.05, 4.69) is 78.8 Å². The van der Waals surface area contributed by atoms with Gasteiger partial charge in [0.1, 0.15) is 11.8 Å². The second-order valence-electron chi connectivity index (χ2n) is 8.78. The van der Waals surface area contributed by atoms with E-state index in [1.807, 2.05) is 75.5 Å². The van der Waals surface area contributed by atoms with Crippen molar-refractivity contribution in [1.82, 2.24) is 39.5 Å². The molecule has 0 bridgehead atoms. The van der Waals surface area contributed by atoms with Gasteiger partial charge in [0.2, 0.25) is 5.95 Å². The number of hydrogen-bond acceptors (Lipinski definition) is 6. The highest BCUT2D eigenvalue weighted by Crippen LogP contribution is 2.38. The topological polar surface area (TPSA) is 91.3 Å². The number of fused-ring (bicyclic) bond motifs is 2. The zero-order valence-electron chi connectivity index (χ0n) is 19.7. The molecule has 10 heteroatoms. The van der Waals surface area contributed by atoms with Gasteiger partial charge >= 0.3 is 0 Å². The molecule has 9 nitrogen and oxygen atoms in total. The third-order valence-electron chi connectivity index (χ3n) is 6.53. The highest BCUT2D eigenvalue weighted by atomic mass is 127. The Morgan fingerprint density at radius 3 is 2.49 bits per heavy atom. The minimum absolute atomic E-state index is 0.226. The summed E-state index contributed by atoms with van der Waals surface area (Å²) in [5.41, 5.74) is 6.56. The Kier molecular flexibility index (Phi) is 5.13. The molecule has 7 rings (SSSR count). The summed E-state index contributed by atoms with van der Waals surface area (Å²) in [6.45, 7) is 2.03. The third kappa shape index (κ3) is 3.63. The Bertz CT molecular complexity index is 1780. The normalized spacial score (nSPS) is 14.9. The zero-order valence-corrected chi connectivity index (χ0v) is 21.9. The average molecular weight is 597 g/mol. The molecule has 180 valence electrons. The van der Waals surface area contributed by atoms with Crippen molar-refractivity contribution < 1.29 is 0 Å². The van der Waals surface area contributed by atoms with Crippen LogP contribution in [-0.4, -0.2) is 39.5 Å². The second kappa shape index (κ2) is 8.66. The van der Waals surface area contributed by atoms with Crippen LogP contribution >= 0.6 is 22.6 Å². The minimum atomic E-state index is -0.226. The Morgan fingerprint density at radius 2 is 1.65 bits per heavy atom. The molecule has 1 unspecified atom stereocenters. The van der Waals surface area contributed by atoms with Crippen LogP contribution < -0.4 is 5.32 Å². The molecule has 0 fully saturated rings. The fourth-order valence-corrected chi connectivity index (χ4v) is 5.17. The highest BCUT2D eigenvalue weighted by Gasteiger charge is 2.31. The van der Waals surface area contributed by atoms with Gasteiger partial charge in [0.05, 0.1) is 22.9 Å². The van der Waals surface area contributed by atoms with Gasteiger partial charge in [-0.3, -0.25) is 4.57 Å². The Labute approximate surface area is 225 Å². The molecular formula is C27H20IN9. The van der Waals surface area contributed by atoms with Crippen LogP contribution in [0.2, 0.25) is 0 Å². The van der Waals surface area contributed by atoms with E-state index in [1.54, 1.807) is 6.33 Å². The van der Waals surface area contributed by atoms with E-state index in [0.717, 1.165) is 45.1 Å². The quantitative estimate of drug-likeness (QED) is 0.282. The third-order valence-corrected chi connectivity index (χ3v) is 7.25. The van der Waals surface area contributed by atoms with Gasteiger partial charge in [0.15, 0.2) is 5.82 Å². The Hall–Kier alpha value is -4.32. The fourth-order valence-electron chi connectivity index (χ4n) is 4.81. The predicted molar refractivity (Wildman–Crippen MR) is 150 cm³/mol. The largest absolute Gasteiger partial charge is 0.324 e. The van der Waals surface area contributed by atoms with E-state index in [0.29, 0.717) is 5.95 Å². The standard InChI is InChI=1S/C27H20IN9/c1-17-25(24-15-22(18-11-13-19(28)14-12-18)30-27-32-29-16-35(24)27)26(36(33-17)20-7-3-2-4-8-20)37-23-10-6-5-9-21(23)31-34-37/h2-16,24H,1H3,(H,30,32). The number of nitrogens with one attached hydrogen (secondary N) is 1. The first kappa shape index (κ1) is 21.9. The lowest BCUT2D eigenvalue weighted by Gasteiger charge is -2.25. The molecule has 3 aromatic carbocycles. The van der Waals surface area contributed by atoms with Crippen LogP contribution in [0.1, 0.15) is 22.9 Å². The Morgan fingerprint density at radius 1 is 0.865 bits per heavy atom. The van der Waals surface area contributed by atoms with E-state index in [1.165, 1.54) is 3.57 Å². The summed E-state index contributed by atoms with van der Waals surface area (Å²) in [4.78, 5) is 0. The van der Waals surface area contributed by atoms with Crippen molar-refractivity contribution in [3.05, 3.63) is 112 Å². The number of allylic oxidation sites excluding steroid dienone is 1. The first-order chi connectivity index (χ1) is 18.2. The number of halogens is 1. The summed E-state index contributed by atoms with van der Waals surface area (Å²) in [5, 5.41) is 26.0. The van der Waals surface area contributed by atoms with Gasteiger partial charge in [0, 0.05) is 14.8 Å². The van der Waals surface area contributed by atoms with Crippen LogP contribution in [0.4, 0.5) is 5.95 Å². The molecule has 0 saturated carbocycles. The molecule has 4 heterocycles. The first-order valence-corrected chi connectivity index (χ1v) is 12.9. The van der Waals surface area contributed by atoms with Crippen molar-refractivity contribution in [2.75, 3.05) is 5.32 Å². The molecule has 1 aliphatic rings. The fraction of sp³-hybridized carbons (Fsp3) is 0.0741. The smallest absolute Gasteiger partial charge is 0.229 e. The molecule has 0 aliphatic carbocycles. The van der Waals surface area contributed by atoms with Gasteiger partial charge in [-0.15, -0.1) is 15.3 Å². The van der Waals surface area contributed by atoms with Crippen molar-refractivity contribution in [2.45, 2.75) is 13.0 Å². The zero-order chi connectivity index (χ0) is 24.9. The van der Waals surface area contributed by atoms with E-state index >= 15 is 0 Å². The van der Waals surface area contributed by atoms with Gasteiger partial charge in [-0.05, 0) is 77.6 Å². The maximum atomic E-state index is 5.01. The number of nitrogens with zero attached hydrogens (tertiary/aromatic N) is 8. The van der Waals surface area contributed by atoms with Gasteiger partial charge in [-0.25, -0.2) is 4.68 Å². The molecule has 1 atom stereocenters. The van der Waals surface area contributed by atoms with Crippen LogP contribution in [0.15, 0.2) is 91.3 Å². The summed E-state index contributed by atoms with van der Waals surface area (Å²) in [7, 11) is 0. The van der Waals surface area contributed by atoms with Crippen LogP contribution in [-0.2, 0) is 0 Å². The monoisotopic (exact) mass is 597 g/mol. The molecular weight excluding hydrogens is 577 g/mol. The summed E-state index contributed by atoms with van der Waals surface area (Å²) in [6.07, 6.45) is 3.94. The molecule has 0 amide bonds. The van der Waals surface area contributed by atoms with Crippen molar-refractivity contribution in [3.63, 3.8) is 0 Å². The van der Waals surface area contributed by atoms with E-state index < -0.39 is 0 Å². The number of hydrogen-bond donors (Lipinski definition) is 1. The van der Waals surface area contributed by atoms with Crippen molar-refractivity contribution >= 4 is 45.3 Å². The van der Waals surface area contributed by atoms with Gasteiger partial charge in [-0.1, -0.05) is 47.7 Å². The number of rotatable bonds is 4. The summed E-state index contributed by atoms with van der Waals surface area (Å²) < 4.78 is 7.02. The first-order valence-electron chi connectivity index (χ1n) is 11.8. The highest BCUT2D eigenvalue weighted by molar-refractivity contribution is 14.1. The number of para-hydroxylation sites is 2. The van der Waals surface area contributed by atoms with Crippen LogP contribution in [0.25, 0.3) is 28.2 Å². The average Bonchev–Trinajstić information content (AvgIpc) is 3.66. The lowest BCUT2D eigenvalue weighted by molar-refractivity contribution is 0.674. The maximum Gasteiger partial charge on any atom is 0.229 e. The van der Waals surface area contributed by atoms with Gasteiger partial charge < -0.3 is 5.32 Å². The maximum absolute atomic E-state index is 5.01. The van der Waals surface area contributed by atoms with E-state index in [9.17, 15) is 0 Å². The Balaban J connectivity index is 1.50. The summed E-state index contributed by atoms with van der Waals surface area (Å²) in [5.74, 6) is 1.49. The molecule has 0 radical (unpaired) electrons.